The van der Waals surface area contributed by atoms with Crippen LogP contribution in [0.3, 0.4) is 0 Å². The quantitative estimate of drug-likeness (QED) is 0.313. The number of hydrogen-bond donors (Lipinski definition) is 0. The maximum Gasteiger partial charge on any atom is 0.459 e. The highest BCUT2D eigenvalue weighted by atomic mass is 19.3. The SMILES string of the molecule is C=CC1CCC(C2CCC(c3cc(F)c(OC(F)(F)C(F)=C(F)F)c(F)c3)CC2)CC1. The monoisotopic (exact) mass is 450 g/mol. The van der Waals surface area contributed by atoms with Crippen molar-refractivity contribution in [1.29, 1.82) is 0 Å². The van der Waals surface area contributed by atoms with E-state index in [9.17, 15) is 30.7 Å². The molecule has 0 atom stereocenters. The van der Waals surface area contributed by atoms with Gasteiger partial charge in [0, 0.05) is 0 Å². The smallest absolute Gasteiger partial charge is 0.421 e. The highest BCUT2D eigenvalue weighted by Gasteiger charge is 2.44. The van der Waals surface area contributed by atoms with Gasteiger partial charge in [-0.15, -0.1) is 6.58 Å². The van der Waals surface area contributed by atoms with Crippen molar-refractivity contribution in [3.63, 3.8) is 0 Å². The second kappa shape index (κ2) is 9.65. The van der Waals surface area contributed by atoms with Crippen molar-refractivity contribution in [2.45, 2.75) is 63.4 Å². The van der Waals surface area contributed by atoms with Crippen LogP contribution in [0.4, 0.5) is 30.7 Å². The van der Waals surface area contributed by atoms with E-state index in [1.807, 2.05) is 6.08 Å². The molecule has 0 unspecified atom stereocenters. The van der Waals surface area contributed by atoms with Crippen molar-refractivity contribution < 1.29 is 35.5 Å². The molecule has 1 nitrogen and oxygen atoms in total. The Bertz CT molecular complexity index is 792. The number of rotatable bonds is 6. The summed E-state index contributed by atoms with van der Waals surface area (Å²) in [6.07, 6.45) is 1.36. The van der Waals surface area contributed by atoms with Gasteiger partial charge >= 0.3 is 12.2 Å². The molecular formula is C23H25F7O. The minimum Gasteiger partial charge on any atom is -0.421 e. The molecule has 2 fully saturated rings. The zero-order chi connectivity index (χ0) is 22.8. The van der Waals surface area contributed by atoms with Crippen molar-refractivity contribution in [2.24, 2.45) is 17.8 Å². The van der Waals surface area contributed by atoms with E-state index in [0.29, 0.717) is 36.2 Å². The lowest BCUT2D eigenvalue weighted by molar-refractivity contribution is -0.162. The Morgan fingerprint density at radius 3 is 1.81 bits per heavy atom. The number of halogens is 7. The maximum absolute atomic E-state index is 14.3. The average molecular weight is 450 g/mol. The molecule has 0 aromatic heterocycles. The van der Waals surface area contributed by atoms with Crippen LogP contribution in [0.15, 0.2) is 36.7 Å². The number of alkyl halides is 2. The fourth-order valence-corrected chi connectivity index (χ4v) is 4.97. The van der Waals surface area contributed by atoms with Gasteiger partial charge in [0.1, 0.15) is 0 Å². The van der Waals surface area contributed by atoms with Crippen molar-refractivity contribution in [1.82, 2.24) is 0 Å². The minimum atomic E-state index is -5.18. The van der Waals surface area contributed by atoms with Gasteiger partial charge in [-0.05, 0) is 92.7 Å². The zero-order valence-corrected chi connectivity index (χ0v) is 17.0. The van der Waals surface area contributed by atoms with Gasteiger partial charge < -0.3 is 4.74 Å². The molecule has 0 radical (unpaired) electrons. The molecule has 31 heavy (non-hydrogen) atoms. The van der Waals surface area contributed by atoms with Gasteiger partial charge in [-0.1, -0.05) is 6.08 Å². The predicted octanol–water partition coefficient (Wildman–Crippen LogP) is 8.28. The van der Waals surface area contributed by atoms with Gasteiger partial charge in [0.2, 0.25) is 0 Å². The molecule has 3 rings (SSSR count). The second-order valence-electron chi connectivity index (χ2n) is 8.53. The van der Waals surface area contributed by atoms with Gasteiger partial charge in [-0.2, -0.15) is 22.0 Å². The van der Waals surface area contributed by atoms with Crippen molar-refractivity contribution >= 4 is 0 Å². The molecule has 0 aliphatic heterocycles. The molecule has 0 N–H and O–H groups in total. The first-order valence-corrected chi connectivity index (χ1v) is 10.5. The van der Waals surface area contributed by atoms with Crippen LogP contribution in [0.2, 0.25) is 0 Å². The summed E-state index contributed by atoms with van der Waals surface area (Å²) in [5.74, 6) is -6.09. The average Bonchev–Trinajstić information content (AvgIpc) is 2.75. The Morgan fingerprint density at radius 1 is 0.871 bits per heavy atom. The lowest BCUT2D eigenvalue weighted by atomic mass is 9.68. The summed E-state index contributed by atoms with van der Waals surface area (Å²) in [4.78, 5) is 0. The molecule has 0 amide bonds. The van der Waals surface area contributed by atoms with E-state index in [4.69, 9.17) is 0 Å². The van der Waals surface area contributed by atoms with Gasteiger partial charge in [-0.25, -0.2) is 8.78 Å². The Kier molecular flexibility index (Phi) is 7.37. The molecule has 0 saturated heterocycles. The van der Waals surface area contributed by atoms with Crippen molar-refractivity contribution in [3.05, 3.63) is 53.9 Å². The van der Waals surface area contributed by atoms with Crippen LogP contribution in [-0.2, 0) is 0 Å². The highest BCUT2D eigenvalue weighted by Crippen LogP contribution is 2.45. The molecule has 1 aromatic carbocycles. The molecule has 8 heteroatoms. The molecular weight excluding hydrogens is 425 g/mol. The third-order valence-corrected chi connectivity index (χ3v) is 6.73. The van der Waals surface area contributed by atoms with Crippen LogP contribution < -0.4 is 4.74 Å². The Morgan fingerprint density at radius 2 is 1.35 bits per heavy atom. The van der Waals surface area contributed by atoms with Gasteiger partial charge in [-0.3, -0.25) is 0 Å². The molecule has 2 aliphatic carbocycles. The fourth-order valence-electron chi connectivity index (χ4n) is 4.97. The Balaban J connectivity index is 1.65. The van der Waals surface area contributed by atoms with E-state index in [2.05, 4.69) is 11.3 Å². The van der Waals surface area contributed by atoms with Crippen LogP contribution in [0, 0.1) is 29.4 Å². The van der Waals surface area contributed by atoms with Gasteiger partial charge in [0.15, 0.2) is 17.4 Å². The van der Waals surface area contributed by atoms with E-state index < -0.39 is 35.4 Å². The Labute approximate surface area is 177 Å². The lowest BCUT2D eigenvalue weighted by Crippen LogP contribution is -2.27. The largest absolute Gasteiger partial charge is 0.459 e. The number of ether oxygens (including phenoxy) is 1. The Hall–Kier alpha value is -1.99. The summed E-state index contributed by atoms with van der Waals surface area (Å²) in [6, 6.07) is 1.73. The van der Waals surface area contributed by atoms with Crippen LogP contribution >= 0.6 is 0 Å². The van der Waals surface area contributed by atoms with E-state index in [1.165, 1.54) is 0 Å². The predicted molar refractivity (Wildman–Crippen MR) is 103 cm³/mol. The van der Waals surface area contributed by atoms with E-state index >= 15 is 0 Å². The standard InChI is InChI=1S/C23H25F7O/c1-2-13-3-5-14(6-4-13)15-7-9-16(10-8-15)17-11-18(24)20(19(25)12-17)31-23(29,30)21(26)22(27)28/h2,11-16H,1,3-10H2. The first kappa shape index (κ1) is 23.7. The molecule has 0 spiro atoms. The molecule has 2 saturated carbocycles. The molecule has 2 aliphatic rings. The first-order chi connectivity index (χ1) is 14.6. The van der Waals surface area contributed by atoms with Crippen LogP contribution in [0.1, 0.15) is 62.8 Å². The third kappa shape index (κ3) is 5.44. The topological polar surface area (TPSA) is 9.23 Å². The van der Waals surface area contributed by atoms with E-state index in [1.54, 1.807) is 0 Å². The van der Waals surface area contributed by atoms with Gasteiger partial charge in [0.05, 0.1) is 0 Å². The summed E-state index contributed by atoms with van der Waals surface area (Å²) in [7, 11) is 0. The third-order valence-electron chi connectivity index (χ3n) is 6.73. The molecule has 1 aromatic rings. The molecule has 0 bridgehead atoms. The zero-order valence-electron chi connectivity index (χ0n) is 17.0. The van der Waals surface area contributed by atoms with Crippen LogP contribution in [0.5, 0.6) is 5.75 Å². The van der Waals surface area contributed by atoms with Gasteiger partial charge in [0.25, 0.3) is 5.83 Å². The van der Waals surface area contributed by atoms with Crippen molar-refractivity contribution in [2.75, 3.05) is 0 Å². The summed E-state index contributed by atoms with van der Waals surface area (Å²) in [5.41, 5.74) is 0.298. The van der Waals surface area contributed by atoms with E-state index in [0.717, 1.165) is 50.7 Å². The summed E-state index contributed by atoms with van der Waals surface area (Å²) < 4.78 is 95.9. The number of hydrogen-bond acceptors (Lipinski definition) is 1. The van der Waals surface area contributed by atoms with Crippen LogP contribution in [-0.4, -0.2) is 6.11 Å². The number of allylic oxidation sites excluding steroid dienone is 1. The highest BCUT2D eigenvalue weighted by molar-refractivity contribution is 5.34. The summed E-state index contributed by atoms with van der Waals surface area (Å²) in [5, 5.41) is 0. The maximum atomic E-state index is 14.3. The summed E-state index contributed by atoms with van der Waals surface area (Å²) >= 11 is 0. The fraction of sp³-hybridized carbons (Fsp3) is 0.565. The summed E-state index contributed by atoms with van der Waals surface area (Å²) in [6.45, 7) is 3.86. The lowest BCUT2D eigenvalue weighted by Gasteiger charge is -2.37. The molecule has 172 valence electrons. The van der Waals surface area contributed by atoms with Crippen LogP contribution in [0.25, 0.3) is 0 Å². The minimum absolute atomic E-state index is 0.140. The molecule has 0 heterocycles. The van der Waals surface area contributed by atoms with E-state index in [-0.39, 0.29) is 5.92 Å². The van der Waals surface area contributed by atoms with Crippen molar-refractivity contribution in [3.8, 4) is 5.75 Å². The first-order valence-electron chi connectivity index (χ1n) is 10.5. The number of benzene rings is 1. The normalized spacial score (nSPS) is 26.9. The second-order valence-corrected chi connectivity index (χ2v) is 8.53.